The Morgan fingerprint density at radius 2 is 2.00 bits per heavy atom. The molecule has 0 aliphatic carbocycles. The van der Waals surface area contributed by atoms with Crippen molar-refractivity contribution in [2.24, 2.45) is 0 Å². The molecule has 1 aromatic rings. The first-order chi connectivity index (χ1) is 11.3. The van der Waals surface area contributed by atoms with Gasteiger partial charge in [-0.25, -0.2) is 4.79 Å². The van der Waals surface area contributed by atoms with Gasteiger partial charge in [-0.3, -0.25) is 9.78 Å². The number of aromatic nitrogens is 1. The van der Waals surface area contributed by atoms with Gasteiger partial charge in [0.05, 0.1) is 11.9 Å². The van der Waals surface area contributed by atoms with Crippen LogP contribution in [0.2, 0.25) is 0 Å². The Kier molecular flexibility index (Phi) is 7.68. The molecule has 0 spiro atoms. The third kappa shape index (κ3) is 6.98. The van der Waals surface area contributed by atoms with E-state index in [2.05, 4.69) is 15.6 Å². The van der Waals surface area contributed by atoms with Crippen LogP contribution in [-0.2, 0) is 16.0 Å². The van der Waals surface area contributed by atoms with Gasteiger partial charge in [-0.05, 0) is 45.2 Å². The van der Waals surface area contributed by atoms with E-state index in [0.29, 0.717) is 12.1 Å². The Labute approximate surface area is 144 Å². The van der Waals surface area contributed by atoms with E-state index >= 15 is 0 Å². The lowest BCUT2D eigenvalue weighted by Gasteiger charge is -2.23. The van der Waals surface area contributed by atoms with Crippen molar-refractivity contribution in [3.05, 3.63) is 24.0 Å². The molecule has 1 atom stereocenters. The van der Waals surface area contributed by atoms with E-state index in [-0.39, 0.29) is 5.91 Å². The third-order valence-corrected chi connectivity index (χ3v) is 3.40. The van der Waals surface area contributed by atoms with E-state index in [1.807, 2.05) is 19.9 Å². The smallest absolute Gasteiger partial charge is 0.408 e. The number of nitrogens with one attached hydrogen (secondary N) is 2. The lowest BCUT2D eigenvalue weighted by atomic mass is 10.1. The normalized spacial score (nSPS) is 12.4. The van der Waals surface area contributed by atoms with Gasteiger partial charge in [-0.15, -0.1) is 0 Å². The van der Waals surface area contributed by atoms with Crippen LogP contribution in [0.3, 0.4) is 0 Å². The fourth-order valence-electron chi connectivity index (χ4n) is 2.19. The zero-order valence-corrected chi connectivity index (χ0v) is 15.3. The van der Waals surface area contributed by atoms with Gasteiger partial charge in [0.1, 0.15) is 11.6 Å². The van der Waals surface area contributed by atoms with E-state index < -0.39 is 17.7 Å². The van der Waals surface area contributed by atoms with Gasteiger partial charge >= 0.3 is 6.09 Å². The molecule has 0 bridgehead atoms. The van der Waals surface area contributed by atoms with Gasteiger partial charge in [-0.1, -0.05) is 26.7 Å². The maximum absolute atomic E-state index is 12.6. The Bertz CT molecular complexity index is 553. The molecule has 6 heteroatoms. The first-order valence-corrected chi connectivity index (χ1v) is 8.50. The van der Waals surface area contributed by atoms with Crippen molar-refractivity contribution in [3.8, 4) is 0 Å². The van der Waals surface area contributed by atoms with Gasteiger partial charge in [0.2, 0.25) is 5.91 Å². The molecule has 0 radical (unpaired) electrons. The maximum Gasteiger partial charge on any atom is 0.408 e. The summed E-state index contributed by atoms with van der Waals surface area (Å²) in [7, 11) is 0. The fourth-order valence-corrected chi connectivity index (χ4v) is 2.19. The second-order valence-electron chi connectivity index (χ2n) is 6.72. The van der Waals surface area contributed by atoms with Crippen molar-refractivity contribution in [1.29, 1.82) is 0 Å². The van der Waals surface area contributed by atoms with Crippen LogP contribution in [0.1, 0.15) is 59.4 Å². The predicted octanol–water partition coefficient (Wildman–Crippen LogP) is 3.67. The van der Waals surface area contributed by atoms with Crippen molar-refractivity contribution in [2.75, 3.05) is 5.32 Å². The van der Waals surface area contributed by atoms with Crippen LogP contribution in [0.4, 0.5) is 10.5 Å². The van der Waals surface area contributed by atoms with Crippen molar-refractivity contribution >= 4 is 17.7 Å². The van der Waals surface area contributed by atoms with E-state index in [1.54, 1.807) is 33.2 Å². The Morgan fingerprint density at radius 1 is 1.29 bits per heavy atom. The number of hydrogen-bond donors (Lipinski definition) is 2. The number of ether oxygens (including phenoxy) is 1. The number of amides is 2. The van der Waals surface area contributed by atoms with Crippen LogP contribution in [0.5, 0.6) is 0 Å². The number of unbranched alkanes of at least 4 members (excludes halogenated alkanes) is 1. The molecular weight excluding hydrogens is 306 g/mol. The van der Waals surface area contributed by atoms with Crippen molar-refractivity contribution in [1.82, 2.24) is 10.3 Å². The molecule has 1 rings (SSSR count). The zero-order chi connectivity index (χ0) is 18.2. The van der Waals surface area contributed by atoms with Gasteiger partial charge in [0.15, 0.2) is 0 Å². The largest absolute Gasteiger partial charge is 0.444 e. The second-order valence-corrected chi connectivity index (χ2v) is 6.72. The molecule has 0 fully saturated rings. The summed E-state index contributed by atoms with van der Waals surface area (Å²) in [6, 6.07) is 1.24. The summed E-state index contributed by atoms with van der Waals surface area (Å²) in [4.78, 5) is 28.6. The number of alkyl carbamates (subject to hydrolysis) is 1. The first-order valence-electron chi connectivity index (χ1n) is 8.50. The standard InChI is InChI=1S/C18H29N3O3/c1-6-8-9-14(21-17(23)24-18(3,4)5)16(22)20-15-12-19-11-10-13(15)7-2/h10-12,14H,6-9H2,1-5H3,(H,20,22)(H,21,23). The fraction of sp³-hybridized carbons (Fsp3) is 0.611. The monoisotopic (exact) mass is 335 g/mol. The van der Waals surface area contributed by atoms with E-state index in [4.69, 9.17) is 4.74 Å². The minimum absolute atomic E-state index is 0.253. The quantitative estimate of drug-likeness (QED) is 0.797. The highest BCUT2D eigenvalue weighted by atomic mass is 16.6. The Hall–Kier alpha value is -2.11. The van der Waals surface area contributed by atoms with E-state index in [9.17, 15) is 9.59 Å². The summed E-state index contributed by atoms with van der Waals surface area (Å²) in [6.45, 7) is 9.42. The zero-order valence-electron chi connectivity index (χ0n) is 15.3. The molecule has 0 aliphatic rings. The highest BCUT2D eigenvalue weighted by Gasteiger charge is 2.24. The third-order valence-electron chi connectivity index (χ3n) is 3.40. The number of hydrogen-bond acceptors (Lipinski definition) is 4. The van der Waals surface area contributed by atoms with Gasteiger partial charge < -0.3 is 15.4 Å². The molecule has 2 N–H and O–H groups in total. The summed E-state index contributed by atoms with van der Waals surface area (Å²) < 4.78 is 5.25. The number of rotatable bonds is 7. The Balaban J connectivity index is 2.79. The molecule has 0 aromatic carbocycles. The summed E-state index contributed by atoms with van der Waals surface area (Å²) in [5, 5.41) is 5.54. The number of aryl methyl sites for hydroxylation is 1. The second kappa shape index (κ2) is 9.25. The van der Waals surface area contributed by atoms with Gasteiger partial charge in [0, 0.05) is 6.20 Å². The van der Waals surface area contributed by atoms with Crippen LogP contribution < -0.4 is 10.6 Å². The lowest BCUT2D eigenvalue weighted by molar-refractivity contribution is -0.118. The highest BCUT2D eigenvalue weighted by molar-refractivity contribution is 5.97. The van der Waals surface area contributed by atoms with Crippen LogP contribution in [0.25, 0.3) is 0 Å². The van der Waals surface area contributed by atoms with Crippen LogP contribution >= 0.6 is 0 Å². The molecule has 0 saturated carbocycles. The average molecular weight is 335 g/mol. The summed E-state index contributed by atoms with van der Waals surface area (Å²) in [6.07, 6.45) is 5.86. The first kappa shape index (κ1) is 19.9. The number of nitrogens with zero attached hydrogens (tertiary/aromatic N) is 1. The number of pyridine rings is 1. The number of carbonyl (C=O) groups is 2. The Morgan fingerprint density at radius 3 is 2.58 bits per heavy atom. The van der Waals surface area contributed by atoms with Crippen LogP contribution in [0, 0.1) is 0 Å². The molecule has 134 valence electrons. The number of carbonyl (C=O) groups excluding carboxylic acids is 2. The number of anilines is 1. The lowest BCUT2D eigenvalue weighted by Crippen LogP contribution is -2.45. The molecule has 0 aliphatic heterocycles. The molecule has 1 heterocycles. The van der Waals surface area contributed by atoms with Gasteiger partial charge in [0.25, 0.3) is 0 Å². The molecule has 2 amide bonds. The van der Waals surface area contributed by atoms with Crippen molar-refractivity contribution in [3.63, 3.8) is 0 Å². The summed E-state index contributed by atoms with van der Waals surface area (Å²) in [5.74, 6) is -0.253. The minimum Gasteiger partial charge on any atom is -0.444 e. The topological polar surface area (TPSA) is 80.3 Å². The molecule has 0 saturated heterocycles. The van der Waals surface area contributed by atoms with Crippen molar-refractivity contribution < 1.29 is 14.3 Å². The maximum atomic E-state index is 12.6. The van der Waals surface area contributed by atoms with E-state index in [1.165, 1.54) is 0 Å². The van der Waals surface area contributed by atoms with Crippen LogP contribution in [-0.4, -0.2) is 28.6 Å². The SMILES string of the molecule is CCCCC(NC(=O)OC(C)(C)C)C(=O)Nc1cnccc1CC. The molecule has 1 unspecified atom stereocenters. The summed E-state index contributed by atoms with van der Waals surface area (Å²) in [5.41, 5.74) is 1.08. The average Bonchev–Trinajstić information content (AvgIpc) is 2.50. The molecule has 24 heavy (non-hydrogen) atoms. The summed E-state index contributed by atoms with van der Waals surface area (Å²) >= 11 is 0. The van der Waals surface area contributed by atoms with Gasteiger partial charge in [-0.2, -0.15) is 0 Å². The predicted molar refractivity (Wildman–Crippen MR) is 94.9 cm³/mol. The van der Waals surface area contributed by atoms with Crippen molar-refractivity contribution in [2.45, 2.75) is 71.9 Å². The van der Waals surface area contributed by atoms with Crippen LogP contribution in [0.15, 0.2) is 18.5 Å². The molecule has 6 nitrogen and oxygen atoms in total. The highest BCUT2D eigenvalue weighted by Crippen LogP contribution is 2.15. The van der Waals surface area contributed by atoms with E-state index in [0.717, 1.165) is 24.8 Å². The minimum atomic E-state index is -0.635. The molecular formula is C18H29N3O3. The molecule has 1 aromatic heterocycles.